The van der Waals surface area contributed by atoms with Crippen molar-refractivity contribution in [2.75, 3.05) is 6.61 Å². The lowest BCUT2D eigenvalue weighted by molar-refractivity contribution is -0.155. The quantitative estimate of drug-likeness (QED) is 0.744. The molecule has 0 heterocycles. The second kappa shape index (κ2) is 8.65. The summed E-state index contributed by atoms with van der Waals surface area (Å²) in [6, 6.07) is 24.8. The van der Waals surface area contributed by atoms with Crippen molar-refractivity contribution in [2.24, 2.45) is 16.6 Å². The molecule has 2 aromatic rings. The van der Waals surface area contributed by atoms with Crippen LogP contribution in [0.15, 0.2) is 71.9 Å². The van der Waals surface area contributed by atoms with Crippen LogP contribution in [0.4, 0.5) is 0 Å². The lowest BCUT2D eigenvalue weighted by Crippen LogP contribution is -2.54. The van der Waals surface area contributed by atoms with Gasteiger partial charge in [-0.05, 0) is 18.1 Å². The standard InChI is InChI=1S/C25H19N5O2/c1-2-32-23(31)25(16-29)20(17-9-5-3-6-10-17)19(13-26)22(30)24(14-27,15-28)21(25)18-11-7-4-8-12-18/h3-12,20-21H,2,30H2,1H3/t20-,21-,25-/m1/s1. The van der Waals surface area contributed by atoms with Gasteiger partial charge in [0.15, 0.2) is 10.8 Å². The maximum absolute atomic E-state index is 13.6. The van der Waals surface area contributed by atoms with Gasteiger partial charge in [0, 0.05) is 0 Å². The average molecular weight is 421 g/mol. The molecule has 7 nitrogen and oxygen atoms in total. The first-order valence-electron chi connectivity index (χ1n) is 9.89. The molecule has 2 N–H and O–H groups in total. The van der Waals surface area contributed by atoms with E-state index in [-0.39, 0.29) is 17.9 Å². The highest BCUT2D eigenvalue weighted by Gasteiger charge is 2.68. The van der Waals surface area contributed by atoms with E-state index in [9.17, 15) is 25.8 Å². The number of hydrogen-bond acceptors (Lipinski definition) is 7. The highest BCUT2D eigenvalue weighted by atomic mass is 16.5. The fourth-order valence-electron chi connectivity index (χ4n) is 4.55. The molecule has 0 unspecified atom stereocenters. The number of nitrogens with two attached hydrogens (primary N) is 1. The van der Waals surface area contributed by atoms with Gasteiger partial charge < -0.3 is 10.5 Å². The molecule has 156 valence electrons. The first-order valence-corrected chi connectivity index (χ1v) is 9.89. The lowest BCUT2D eigenvalue weighted by atomic mass is 9.48. The van der Waals surface area contributed by atoms with E-state index >= 15 is 0 Å². The molecular formula is C25H19N5O2. The molecule has 32 heavy (non-hydrogen) atoms. The first-order chi connectivity index (χ1) is 15.5. The molecule has 0 radical (unpaired) electrons. The number of carbonyl (C=O) groups is 1. The summed E-state index contributed by atoms with van der Waals surface area (Å²) in [6.45, 7) is 1.57. The van der Waals surface area contributed by atoms with Crippen molar-refractivity contribution in [3.63, 3.8) is 0 Å². The maximum Gasteiger partial charge on any atom is 0.328 e. The topological polar surface area (TPSA) is 147 Å². The monoisotopic (exact) mass is 421 g/mol. The van der Waals surface area contributed by atoms with Gasteiger partial charge in [-0.15, -0.1) is 0 Å². The van der Waals surface area contributed by atoms with Gasteiger partial charge in [-0.2, -0.15) is 21.0 Å². The molecule has 0 amide bonds. The summed E-state index contributed by atoms with van der Waals surface area (Å²) in [5.41, 5.74) is 2.55. The first kappa shape index (κ1) is 22.1. The SMILES string of the molecule is CCOC(=O)[C@@]1(C#N)[C@H](c2ccccc2)C(C#N)(C#N)C(N)=C(C#N)[C@H]1c1ccccc1. The molecule has 0 bridgehead atoms. The summed E-state index contributed by atoms with van der Waals surface area (Å²) in [6.07, 6.45) is 0. The van der Waals surface area contributed by atoms with Crippen LogP contribution in [0.3, 0.4) is 0 Å². The zero-order valence-electron chi connectivity index (χ0n) is 17.3. The Hall–Kier alpha value is -4.59. The minimum Gasteiger partial charge on any atom is -0.465 e. The number of hydrogen-bond donors (Lipinski definition) is 1. The highest BCUT2D eigenvalue weighted by Crippen LogP contribution is 2.63. The Morgan fingerprint density at radius 1 is 0.938 bits per heavy atom. The zero-order valence-corrected chi connectivity index (χ0v) is 17.3. The summed E-state index contributed by atoms with van der Waals surface area (Å²) >= 11 is 0. The van der Waals surface area contributed by atoms with Crippen molar-refractivity contribution in [1.82, 2.24) is 0 Å². The van der Waals surface area contributed by atoms with Gasteiger partial charge in [0.25, 0.3) is 0 Å². The molecule has 0 aliphatic heterocycles. The second-order valence-electron chi connectivity index (χ2n) is 7.36. The predicted molar refractivity (Wildman–Crippen MR) is 114 cm³/mol. The van der Waals surface area contributed by atoms with Crippen LogP contribution in [0.25, 0.3) is 0 Å². The van der Waals surface area contributed by atoms with Crippen molar-refractivity contribution in [3.8, 4) is 24.3 Å². The predicted octanol–water partition coefficient (Wildman–Crippen LogP) is 3.41. The minimum atomic E-state index is -2.14. The molecule has 0 aromatic heterocycles. The summed E-state index contributed by atoms with van der Waals surface area (Å²) < 4.78 is 5.34. The number of benzene rings is 2. The molecule has 0 saturated carbocycles. The van der Waals surface area contributed by atoms with E-state index in [2.05, 4.69) is 6.07 Å². The third-order valence-electron chi connectivity index (χ3n) is 5.88. The number of carbonyl (C=O) groups excluding carboxylic acids is 1. The Bertz CT molecular complexity index is 1210. The second-order valence-corrected chi connectivity index (χ2v) is 7.36. The molecule has 0 saturated heterocycles. The number of ether oxygens (including phenoxy) is 1. The molecule has 1 aliphatic carbocycles. The van der Waals surface area contributed by atoms with Gasteiger partial charge in [-0.1, -0.05) is 60.7 Å². The molecular weight excluding hydrogens is 402 g/mol. The molecule has 0 fully saturated rings. The molecule has 0 spiro atoms. The number of nitriles is 4. The summed E-state index contributed by atoms with van der Waals surface area (Å²) in [4.78, 5) is 13.6. The van der Waals surface area contributed by atoms with Crippen molar-refractivity contribution in [1.29, 1.82) is 21.0 Å². The van der Waals surface area contributed by atoms with Gasteiger partial charge in [-0.3, -0.25) is 4.79 Å². The Morgan fingerprint density at radius 2 is 1.47 bits per heavy atom. The van der Waals surface area contributed by atoms with E-state index in [1.165, 1.54) is 0 Å². The van der Waals surface area contributed by atoms with Crippen molar-refractivity contribution in [2.45, 2.75) is 18.8 Å². The van der Waals surface area contributed by atoms with Crippen LogP contribution in [-0.2, 0) is 9.53 Å². The van der Waals surface area contributed by atoms with Crippen molar-refractivity contribution >= 4 is 5.97 Å². The van der Waals surface area contributed by atoms with Crippen LogP contribution in [-0.4, -0.2) is 12.6 Å². The Balaban J connectivity index is 2.58. The highest BCUT2D eigenvalue weighted by molar-refractivity contribution is 5.86. The number of nitrogens with zero attached hydrogens (tertiary/aromatic N) is 4. The Morgan fingerprint density at radius 3 is 1.91 bits per heavy atom. The molecule has 2 aromatic carbocycles. The van der Waals surface area contributed by atoms with Gasteiger partial charge in [0.05, 0.1) is 54.0 Å². The normalized spacial score (nSPS) is 23.7. The average Bonchev–Trinajstić information content (AvgIpc) is 2.84. The van der Waals surface area contributed by atoms with Crippen molar-refractivity contribution < 1.29 is 9.53 Å². The maximum atomic E-state index is 13.6. The van der Waals surface area contributed by atoms with E-state index in [0.29, 0.717) is 11.1 Å². The number of esters is 1. The fraction of sp³-hybridized carbons (Fsp3) is 0.240. The van der Waals surface area contributed by atoms with E-state index < -0.39 is 28.6 Å². The van der Waals surface area contributed by atoms with E-state index in [1.807, 2.05) is 18.2 Å². The summed E-state index contributed by atoms with van der Waals surface area (Å²) in [5, 5.41) is 41.0. The fourth-order valence-corrected chi connectivity index (χ4v) is 4.55. The molecule has 3 atom stereocenters. The number of allylic oxidation sites excluding steroid dienone is 2. The summed E-state index contributed by atoms with van der Waals surface area (Å²) in [5.74, 6) is -3.37. The van der Waals surface area contributed by atoms with Gasteiger partial charge >= 0.3 is 5.97 Å². The zero-order chi connectivity index (χ0) is 23.4. The lowest BCUT2D eigenvalue weighted by Gasteiger charge is -2.48. The molecule has 3 rings (SSSR count). The van der Waals surface area contributed by atoms with Crippen LogP contribution in [0, 0.1) is 56.2 Å². The van der Waals surface area contributed by atoms with Crippen LogP contribution in [0.5, 0.6) is 0 Å². The van der Waals surface area contributed by atoms with E-state index in [4.69, 9.17) is 10.5 Å². The Kier molecular flexibility index (Phi) is 5.97. The molecule has 7 heteroatoms. The van der Waals surface area contributed by atoms with Crippen LogP contribution in [0.2, 0.25) is 0 Å². The van der Waals surface area contributed by atoms with Crippen LogP contribution in [0.1, 0.15) is 29.9 Å². The van der Waals surface area contributed by atoms with Gasteiger partial charge in [0.2, 0.25) is 0 Å². The third kappa shape index (κ3) is 2.97. The Labute approximate surface area is 186 Å². The summed E-state index contributed by atoms with van der Waals surface area (Å²) in [7, 11) is 0. The molecule has 1 aliphatic rings. The smallest absolute Gasteiger partial charge is 0.328 e. The van der Waals surface area contributed by atoms with Crippen molar-refractivity contribution in [3.05, 3.63) is 83.1 Å². The van der Waals surface area contributed by atoms with Crippen LogP contribution < -0.4 is 5.73 Å². The van der Waals surface area contributed by atoms with E-state index in [1.54, 1.807) is 67.6 Å². The van der Waals surface area contributed by atoms with Crippen LogP contribution >= 0.6 is 0 Å². The minimum absolute atomic E-state index is 0.0293. The van der Waals surface area contributed by atoms with Gasteiger partial charge in [-0.25, -0.2) is 0 Å². The third-order valence-corrected chi connectivity index (χ3v) is 5.88. The largest absolute Gasteiger partial charge is 0.465 e. The van der Waals surface area contributed by atoms with E-state index in [0.717, 1.165) is 0 Å². The number of rotatable bonds is 4. The van der Waals surface area contributed by atoms with Gasteiger partial charge in [0.1, 0.15) is 0 Å².